The van der Waals surface area contributed by atoms with Crippen LogP contribution in [0.5, 0.6) is 0 Å². The van der Waals surface area contributed by atoms with Gasteiger partial charge in [0.15, 0.2) is 0 Å². The predicted molar refractivity (Wildman–Crippen MR) is 66.5 cm³/mol. The van der Waals surface area contributed by atoms with Crippen molar-refractivity contribution < 1.29 is 13.5 Å². The third-order valence-corrected chi connectivity index (χ3v) is 5.24. The van der Waals surface area contributed by atoms with Gasteiger partial charge in [0.2, 0.25) is 10.0 Å². The molecule has 1 unspecified atom stereocenters. The highest BCUT2D eigenvalue weighted by Crippen LogP contribution is 2.27. The van der Waals surface area contributed by atoms with Crippen molar-refractivity contribution in [2.45, 2.75) is 43.7 Å². The second kappa shape index (κ2) is 5.38. The molecule has 1 aliphatic rings. The van der Waals surface area contributed by atoms with Crippen LogP contribution in [0.4, 0.5) is 0 Å². The fraction of sp³-hybridized carbons (Fsp3) is 0.727. The second-order valence-electron chi connectivity index (χ2n) is 4.48. The molecule has 1 aromatic rings. The van der Waals surface area contributed by atoms with Crippen LogP contribution in [0.3, 0.4) is 0 Å². The van der Waals surface area contributed by atoms with Crippen LogP contribution in [-0.2, 0) is 16.6 Å². The summed E-state index contributed by atoms with van der Waals surface area (Å²) < 4.78 is 27.9. The molecule has 6 nitrogen and oxygen atoms in total. The third kappa shape index (κ3) is 2.43. The molecule has 0 aromatic carbocycles. The van der Waals surface area contributed by atoms with Gasteiger partial charge < -0.3 is 5.11 Å². The van der Waals surface area contributed by atoms with Gasteiger partial charge in [-0.2, -0.15) is 9.40 Å². The largest absolute Gasteiger partial charge is 0.394 e. The van der Waals surface area contributed by atoms with Crippen LogP contribution in [0, 0.1) is 0 Å². The van der Waals surface area contributed by atoms with E-state index in [0.29, 0.717) is 13.1 Å². The molecule has 0 spiro atoms. The Morgan fingerprint density at radius 2 is 2.33 bits per heavy atom. The molecule has 1 fully saturated rings. The molecule has 1 N–H and O–H groups in total. The van der Waals surface area contributed by atoms with Gasteiger partial charge in [-0.25, -0.2) is 8.42 Å². The number of sulfonamides is 1. The molecule has 0 radical (unpaired) electrons. The summed E-state index contributed by atoms with van der Waals surface area (Å²) in [7, 11) is -3.43. The Morgan fingerprint density at radius 3 is 3.00 bits per heavy atom. The maximum Gasteiger partial charge on any atom is 0.246 e. The van der Waals surface area contributed by atoms with Gasteiger partial charge >= 0.3 is 0 Å². The monoisotopic (exact) mass is 273 g/mol. The van der Waals surface area contributed by atoms with Crippen molar-refractivity contribution >= 4 is 10.0 Å². The van der Waals surface area contributed by atoms with Gasteiger partial charge in [-0.15, -0.1) is 0 Å². The van der Waals surface area contributed by atoms with E-state index in [1.807, 2.05) is 6.92 Å². The lowest BCUT2D eigenvalue weighted by atomic mass is 10.2. The van der Waals surface area contributed by atoms with Crippen molar-refractivity contribution in [1.29, 1.82) is 0 Å². The topological polar surface area (TPSA) is 75.4 Å². The van der Waals surface area contributed by atoms with E-state index in [1.165, 1.54) is 17.1 Å². The van der Waals surface area contributed by atoms with Crippen LogP contribution in [0.25, 0.3) is 0 Å². The van der Waals surface area contributed by atoms with Gasteiger partial charge in [-0.3, -0.25) is 4.68 Å². The summed E-state index contributed by atoms with van der Waals surface area (Å²) in [6.45, 7) is 2.86. The van der Waals surface area contributed by atoms with Crippen molar-refractivity contribution in [3.8, 4) is 0 Å². The van der Waals surface area contributed by atoms with Gasteiger partial charge in [0.05, 0.1) is 19.3 Å². The molecule has 0 saturated carbocycles. The Kier molecular flexibility index (Phi) is 4.04. The highest BCUT2D eigenvalue weighted by molar-refractivity contribution is 7.89. The SMILES string of the molecule is CCC1CCCN1S(=O)(=O)c1cnn(CCO)c1. The van der Waals surface area contributed by atoms with Crippen molar-refractivity contribution in [3.05, 3.63) is 12.4 Å². The average molecular weight is 273 g/mol. The highest BCUT2D eigenvalue weighted by atomic mass is 32.2. The lowest BCUT2D eigenvalue weighted by Gasteiger charge is -2.21. The van der Waals surface area contributed by atoms with Crippen LogP contribution in [0.15, 0.2) is 17.3 Å². The summed E-state index contributed by atoms with van der Waals surface area (Å²) >= 11 is 0. The van der Waals surface area contributed by atoms with Gasteiger partial charge in [-0.05, 0) is 19.3 Å². The zero-order valence-corrected chi connectivity index (χ0v) is 11.3. The second-order valence-corrected chi connectivity index (χ2v) is 6.37. The fourth-order valence-electron chi connectivity index (χ4n) is 2.37. The highest BCUT2D eigenvalue weighted by Gasteiger charge is 2.34. The van der Waals surface area contributed by atoms with Crippen LogP contribution >= 0.6 is 0 Å². The van der Waals surface area contributed by atoms with E-state index in [1.54, 1.807) is 4.31 Å². The minimum Gasteiger partial charge on any atom is -0.394 e. The minimum atomic E-state index is -3.43. The number of aliphatic hydroxyl groups excluding tert-OH is 1. The van der Waals surface area contributed by atoms with Gasteiger partial charge in [0, 0.05) is 18.8 Å². The predicted octanol–water partition coefficient (Wildman–Crippen LogP) is 0.438. The molecular weight excluding hydrogens is 254 g/mol. The third-order valence-electron chi connectivity index (χ3n) is 3.34. The number of aromatic nitrogens is 2. The number of nitrogens with zero attached hydrogens (tertiary/aromatic N) is 3. The molecule has 0 bridgehead atoms. The first-order valence-electron chi connectivity index (χ1n) is 6.24. The van der Waals surface area contributed by atoms with Crippen molar-refractivity contribution in [1.82, 2.24) is 14.1 Å². The standard InChI is InChI=1S/C11H19N3O3S/c1-2-10-4-3-5-14(10)18(16,17)11-8-12-13(9-11)6-7-15/h8-10,15H,2-7H2,1H3. The zero-order valence-electron chi connectivity index (χ0n) is 10.5. The molecule has 1 aromatic heterocycles. The summed E-state index contributed by atoms with van der Waals surface area (Å²) in [5.74, 6) is 0. The Labute approximate surface area is 107 Å². The Morgan fingerprint density at radius 1 is 1.56 bits per heavy atom. The molecular formula is C11H19N3O3S. The average Bonchev–Trinajstić information content (AvgIpc) is 2.97. The lowest BCUT2D eigenvalue weighted by molar-refractivity contribution is 0.269. The van der Waals surface area contributed by atoms with Crippen LogP contribution in [-0.4, -0.2) is 46.8 Å². The van der Waals surface area contributed by atoms with E-state index in [2.05, 4.69) is 5.10 Å². The van der Waals surface area contributed by atoms with Gasteiger partial charge in [0.1, 0.15) is 4.90 Å². The first-order chi connectivity index (χ1) is 8.59. The van der Waals surface area contributed by atoms with Gasteiger partial charge in [-0.1, -0.05) is 6.92 Å². The molecule has 0 aliphatic carbocycles. The fourth-order valence-corrected chi connectivity index (χ4v) is 4.09. The first kappa shape index (κ1) is 13.5. The van der Waals surface area contributed by atoms with E-state index in [0.717, 1.165) is 19.3 Å². The molecule has 1 atom stereocenters. The van der Waals surface area contributed by atoms with Crippen molar-refractivity contribution in [2.24, 2.45) is 0 Å². The summed E-state index contributed by atoms with van der Waals surface area (Å²) in [5, 5.41) is 12.7. The molecule has 18 heavy (non-hydrogen) atoms. The first-order valence-corrected chi connectivity index (χ1v) is 7.68. The van der Waals surface area contributed by atoms with Crippen molar-refractivity contribution in [2.75, 3.05) is 13.2 Å². The summed E-state index contributed by atoms with van der Waals surface area (Å²) in [6, 6.07) is 0.108. The van der Waals surface area contributed by atoms with Crippen LogP contribution in [0.2, 0.25) is 0 Å². The number of hydrogen-bond acceptors (Lipinski definition) is 4. The summed E-state index contributed by atoms with van der Waals surface area (Å²) in [5.41, 5.74) is 0. The van der Waals surface area contributed by atoms with E-state index < -0.39 is 10.0 Å². The number of hydrogen-bond donors (Lipinski definition) is 1. The van der Waals surface area contributed by atoms with Crippen molar-refractivity contribution in [3.63, 3.8) is 0 Å². The molecule has 102 valence electrons. The van der Waals surface area contributed by atoms with Gasteiger partial charge in [0.25, 0.3) is 0 Å². The molecule has 7 heteroatoms. The summed E-state index contributed by atoms with van der Waals surface area (Å²) in [4.78, 5) is 0.219. The zero-order chi connectivity index (χ0) is 13.2. The number of aliphatic hydroxyl groups is 1. The summed E-state index contributed by atoms with van der Waals surface area (Å²) in [6.07, 6.45) is 5.53. The smallest absolute Gasteiger partial charge is 0.246 e. The van der Waals surface area contributed by atoms with Crippen LogP contribution in [0.1, 0.15) is 26.2 Å². The number of rotatable bonds is 5. The normalized spacial score (nSPS) is 21.6. The molecule has 2 rings (SSSR count). The van der Waals surface area contributed by atoms with E-state index in [9.17, 15) is 8.42 Å². The Balaban J connectivity index is 2.24. The lowest BCUT2D eigenvalue weighted by Crippen LogP contribution is -2.34. The minimum absolute atomic E-state index is 0.0531. The maximum absolute atomic E-state index is 12.4. The Hall–Kier alpha value is -0.920. The Bertz CT molecular complexity index is 497. The van der Waals surface area contributed by atoms with E-state index in [-0.39, 0.29) is 17.5 Å². The molecule has 2 heterocycles. The molecule has 0 amide bonds. The van der Waals surface area contributed by atoms with Crippen LogP contribution < -0.4 is 0 Å². The molecule has 1 aliphatic heterocycles. The van der Waals surface area contributed by atoms with E-state index >= 15 is 0 Å². The van der Waals surface area contributed by atoms with E-state index in [4.69, 9.17) is 5.11 Å². The maximum atomic E-state index is 12.4. The quantitative estimate of drug-likeness (QED) is 0.844. The molecule has 1 saturated heterocycles.